The molecule has 0 aliphatic carbocycles. The highest BCUT2D eigenvalue weighted by atomic mass is 35.5. The molecule has 4 rings (SSSR count). The van der Waals surface area contributed by atoms with Gasteiger partial charge in [0.05, 0.1) is 30.3 Å². The van der Waals surface area contributed by atoms with Gasteiger partial charge in [-0.25, -0.2) is 9.97 Å². The van der Waals surface area contributed by atoms with Gasteiger partial charge in [0.2, 0.25) is 0 Å². The number of thiazole rings is 1. The number of aryl methyl sites for hydroxylation is 1. The Hall–Kier alpha value is -2.81. The number of anilines is 1. The predicted molar refractivity (Wildman–Crippen MR) is 130 cm³/mol. The summed E-state index contributed by atoms with van der Waals surface area (Å²) in [6.07, 6.45) is 6.13. The number of benzene rings is 2. The molecular formula is C22H22Cl2N4O3S. The molecule has 1 amide bonds. The lowest BCUT2D eigenvalue weighted by Gasteiger charge is -2.21. The van der Waals surface area contributed by atoms with Gasteiger partial charge in [-0.15, -0.1) is 12.4 Å². The molecule has 0 radical (unpaired) electrons. The van der Waals surface area contributed by atoms with Crippen LogP contribution in [-0.2, 0) is 6.54 Å². The minimum Gasteiger partial charge on any atom is -0.497 e. The average molecular weight is 493 g/mol. The van der Waals surface area contributed by atoms with E-state index < -0.39 is 0 Å². The van der Waals surface area contributed by atoms with Gasteiger partial charge >= 0.3 is 0 Å². The highest BCUT2D eigenvalue weighted by Crippen LogP contribution is 2.34. The zero-order valence-electron chi connectivity index (χ0n) is 17.5. The largest absolute Gasteiger partial charge is 0.497 e. The first-order valence-electron chi connectivity index (χ1n) is 9.65. The molecule has 2 heterocycles. The van der Waals surface area contributed by atoms with Crippen molar-refractivity contribution in [2.24, 2.45) is 0 Å². The number of halogens is 2. The summed E-state index contributed by atoms with van der Waals surface area (Å²) in [5.74, 6) is 0.917. The first-order chi connectivity index (χ1) is 15.1. The van der Waals surface area contributed by atoms with Gasteiger partial charge in [0.25, 0.3) is 5.91 Å². The Balaban J connectivity index is 0.00000289. The van der Waals surface area contributed by atoms with Crippen LogP contribution in [0.2, 0.25) is 5.02 Å². The van der Waals surface area contributed by atoms with Crippen molar-refractivity contribution in [2.45, 2.75) is 13.0 Å². The molecule has 0 spiro atoms. The van der Waals surface area contributed by atoms with E-state index in [-0.39, 0.29) is 18.3 Å². The molecule has 7 nitrogen and oxygen atoms in total. The van der Waals surface area contributed by atoms with Crippen molar-refractivity contribution >= 4 is 56.6 Å². The smallest absolute Gasteiger partial charge is 0.260 e. The van der Waals surface area contributed by atoms with E-state index in [4.69, 9.17) is 21.1 Å². The Bertz CT molecular complexity index is 1180. The third-order valence-corrected chi connectivity index (χ3v) is 6.14. The van der Waals surface area contributed by atoms with Gasteiger partial charge in [-0.2, -0.15) is 0 Å². The maximum Gasteiger partial charge on any atom is 0.260 e. The van der Waals surface area contributed by atoms with Crippen LogP contribution in [0.5, 0.6) is 11.5 Å². The predicted octanol–water partition coefficient (Wildman–Crippen LogP) is 5.32. The van der Waals surface area contributed by atoms with Gasteiger partial charge in [0.1, 0.15) is 17.0 Å². The first-order valence-corrected chi connectivity index (χ1v) is 10.8. The normalized spacial score (nSPS) is 10.6. The number of carbonyl (C=O) groups is 1. The van der Waals surface area contributed by atoms with E-state index in [1.54, 1.807) is 55.9 Å². The Kier molecular flexibility index (Phi) is 7.95. The van der Waals surface area contributed by atoms with Gasteiger partial charge in [0.15, 0.2) is 5.13 Å². The molecule has 32 heavy (non-hydrogen) atoms. The monoisotopic (exact) mass is 492 g/mol. The van der Waals surface area contributed by atoms with Crippen molar-refractivity contribution in [3.05, 3.63) is 65.7 Å². The fourth-order valence-electron chi connectivity index (χ4n) is 3.22. The van der Waals surface area contributed by atoms with Crippen LogP contribution in [0.1, 0.15) is 16.8 Å². The molecule has 2 aromatic carbocycles. The van der Waals surface area contributed by atoms with Crippen molar-refractivity contribution in [3.63, 3.8) is 0 Å². The fourth-order valence-corrected chi connectivity index (χ4v) is 4.51. The summed E-state index contributed by atoms with van der Waals surface area (Å²) >= 11 is 7.76. The highest BCUT2D eigenvalue weighted by Gasteiger charge is 2.23. The summed E-state index contributed by atoms with van der Waals surface area (Å²) in [7, 11) is 3.11. The molecular weight excluding hydrogens is 471 g/mol. The number of ether oxygens (including phenoxy) is 2. The van der Waals surface area contributed by atoms with Crippen LogP contribution in [0, 0.1) is 0 Å². The fraction of sp³-hybridized carbons (Fsp3) is 0.227. The molecule has 0 saturated heterocycles. The third kappa shape index (κ3) is 5.15. The number of hydrogen-bond donors (Lipinski definition) is 0. The van der Waals surface area contributed by atoms with Crippen LogP contribution in [-0.4, -0.2) is 41.2 Å². The lowest BCUT2D eigenvalue weighted by Crippen LogP contribution is -2.32. The van der Waals surface area contributed by atoms with E-state index in [0.29, 0.717) is 39.3 Å². The van der Waals surface area contributed by atoms with Gasteiger partial charge in [-0.3, -0.25) is 9.69 Å². The van der Waals surface area contributed by atoms with Crippen molar-refractivity contribution in [2.75, 3.05) is 25.7 Å². The standard InChI is InChI=1S/C22H21ClN4O3S.ClH/c1-29-16-11-15(12-17(13-16)30-2)21(28)27(9-4-8-26-10-7-24-14-26)22-25-20-18(23)5-3-6-19(20)31-22;/h3,5-7,10-14H,4,8-9H2,1-2H3;1H. The van der Waals surface area contributed by atoms with E-state index in [1.165, 1.54) is 11.3 Å². The average Bonchev–Trinajstić information content (AvgIpc) is 3.46. The SMILES string of the molecule is COc1cc(OC)cc(C(=O)N(CCCn2ccnc2)c2nc3c(Cl)cccc3s2)c1.Cl. The number of carbonyl (C=O) groups excluding carboxylic acids is 1. The summed E-state index contributed by atoms with van der Waals surface area (Å²) in [6, 6.07) is 10.8. The molecule has 0 atom stereocenters. The number of amides is 1. The van der Waals surface area contributed by atoms with E-state index in [2.05, 4.69) is 9.97 Å². The minimum absolute atomic E-state index is 0. The molecule has 0 unspecified atom stereocenters. The number of hydrogen-bond acceptors (Lipinski definition) is 6. The number of imidazole rings is 1. The first kappa shape index (κ1) is 23.8. The Labute approximate surface area is 201 Å². The molecule has 0 N–H and O–H groups in total. The number of nitrogens with zero attached hydrogens (tertiary/aromatic N) is 4. The van der Waals surface area contributed by atoms with Crippen LogP contribution in [0.15, 0.2) is 55.1 Å². The van der Waals surface area contributed by atoms with E-state index >= 15 is 0 Å². The van der Waals surface area contributed by atoms with Crippen LogP contribution in [0.25, 0.3) is 10.2 Å². The molecule has 0 saturated carbocycles. The van der Waals surface area contributed by atoms with E-state index in [9.17, 15) is 4.79 Å². The topological polar surface area (TPSA) is 69.5 Å². The second-order valence-corrected chi connectivity index (χ2v) is 8.21. The van der Waals surface area contributed by atoms with E-state index in [0.717, 1.165) is 17.7 Å². The third-order valence-electron chi connectivity index (χ3n) is 4.79. The summed E-state index contributed by atoms with van der Waals surface area (Å²) < 4.78 is 13.6. The van der Waals surface area contributed by atoms with Crippen LogP contribution in [0.3, 0.4) is 0 Å². The van der Waals surface area contributed by atoms with Crippen molar-refractivity contribution in [1.82, 2.24) is 14.5 Å². The number of para-hydroxylation sites is 1. The number of fused-ring (bicyclic) bond motifs is 1. The molecule has 0 fully saturated rings. The van der Waals surface area contributed by atoms with Crippen molar-refractivity contribution in [3.8, 4) is 11.5 Å². The van der Waals surface area contributed by atoms with Gasteiger partial charge < -0.3 is 14.0 Å². The van der Waals surface area contributed by atoms with Crippen LogP contribution < -0.4 is 14.4 Å². The lowest BCUT2D eigenvalue weighted by atomic mass is 10.1. The highest BCUT2D eigenvalue weighted by molar-refractivity contribution is 7.22. The maximum absolute atomic E-state index is 13.6. The second-order valence-electron chi connectivity index (χ2n) is 6.80. The summed E-state index contributed by atoms with van der Waals surface area (Å²) in [6.45, 7) is 1.21. The van der Waals surface area contributed by atoms with Crippen molar-refractivity contribution < 1.29 is 14.3 Å². The van der Waals surface area contributed by atoms with Gasteiger partial charge in [0, 0.05) is 37.1 Å². The molecule has 0 aliphatic rings. The molecule has 168 valence electrons. The summed E-state index contributed by atoms with van der Waals surface area (Å²) in [5.41, 5.74) is 1.16. The maximum atomic E-state index is 13.6. The Morgan fingerprint density at radius 3 is 2.56 bits per heavy atom. The molecule has 10 heteroatoms. The number of rotatable bonds is 8. The summed E-state index contributed by atoms with van der Waals surface area (Å²) in [4.78, 5) is 24.0. The van der Waals surface area contributed by atoms with Crippen molar-refractivity contribution in [1.29, 1.82) is 0 Å². The molecule has 0 aliphatic heterocycles. The molecule has 2 aromatic heterocycles. The van der Waals surface area contributed by atoms with Gasteiger partial charge in [-0.05, 0) is 30.7 Å². The number of aromatic nitrogens is 3. The lowest BCUT2D eigenvalue weighted by molar-refractivity contribution is 0.0985. The zero-order chi connectivity index (χ0) is 21.8. The van der Waals surface area contributed by atoms with Gasteiger partial charge in [-0.1, -0.05) is 29.0 Å². The number of methoxy groups -OCH3 is 2. The van der Waals surface area contributed by atoms with E-state index in [1.807, 2.05) is 22.9 Å². The van der Waals surface area contributed by atoms with Crippen LogP contribution in [0.4, 0.5) is 5.13 Å². The Morgan fingerprint density at radius 1 is 1.19 bits per heavy atom. The molecule has 0 bridgehead atoms. The molecule has 4 aromatic rings. The second kappa shape index (κ2) is 10.7. The Morgan fingerprint density at radius 2 is 1.94 bits per heavy atom. The minimum atomic E-state index is -0.182. The summed E-state index contributed by atoms with van der Waals surface area (Å²) in [5, 5.41) is 1.16. The van der Waals surface area contributed by atoms with Crippen LogP contribution >= 0.6 is 35.3 Å². The zero-order valence-corrected chi connectivity index (χ0v) is 19.9. The quantitative estimate of drug-likeness (QED) is 0.332.